The monoisotopic (exact) mass is 336 g/mol. The molecule has 1 aliphatic rings. The first-order valence-electron chi connectivity index (χ1n) is 6.36. The van der Waals surface area contributed by atoms with Crippen LogP contribution in [0.15, 0.2) is 34.8 Å². The Morgan fingerprint density at radius 2 is 2.15 bits per heavy atom. The Morgan fingerprint density at radius 1 is 1.30 bits per heavy atom. The average molecular weight is 337 g/mol. The van der Waals surface area contributed by atoms with Gasteiger partial charge in [0.05, 0.1) is 18.0 Å². The summed E-state index contributed by atoms with van der Waals surface area (Å²) < 4.78 is 19.9. The molecular weight excluding hydrogens is 323 g/mol. The maximum Gasteiger partial charge on any atom is 0.127 e. The summed E-state index contributed by atoms with van der Waals surface area (Å²) in [7, 11) is 0. The Morgan fingerprint density at radius 3 is 3.00 bits per heavy atom. The second kappa shape index (κ2) is 5.32. The van der Waals surface area contributed by atoms with Gasteiger partial charge in [0.1, 0.15) is 11.6 Å². The molecule has 1 heterocycles. The molecule has 0 atom stereocenters. The quantitative estimate of drug-likeness (QED) is 0.840. The predicted octanol–water partition coefficient (Wildman–Crippen LogP) is 3.72. The van der Waals surface area contributed by atoms with Gasteiger partial charge in [0.15, 0.2) is 0 Å². The Bertz CT molecular complexity index is 661. The van der Waals surface area contributed by atoms with Gasteiger partial charge in [0.25, 0.3) is 0 Å². The third-order valence-corrected chi connectivity index (χ3v) is 3.77. The van der Waals surface area contributed by atoms with Crippen LogP contribution in [0.3, 0.4) is 0 Å². The molecule has 3 nitrogen and oxygen atoms in total. The van der Waals surface area contributed by atoms with Gasteiger partial charge in [0, 0.05) is 23.0 Å². The Balaban J connectivity index is 1.84. The van der Waals surface area contributed by atoms with E-state index < -0.39 is 0 Å². The van der Waals surface area contributed by atoms with E-state index in [0.717, 1.165) is 22.2 Å². The highest BCUT2D eigenvalue weighted by atomic mass is 79.9. The number of ether oxygens (including phenoxy) is 1. The molecule has 104 valence electrons. The van der Waals surface area contributed by atoms with E-state index in [9.17, 15) is 4.39 Å². The van der Waals surface area contributed by atoms with Crippen LogP contribution in [-0.2, 0) is 13.0 Å². The van der Waals surface area contributed by atoms with Crippen molar-refractivity contribution in [2.45, 2.75) is 13.0 Å². The van der Waals surface area contributed by atoms with Crippen LogP contribution in [0, 0.1) is 5.82 Å². The van der Waals surface area contributed by atoms with E-state index >= 15 is 0 Å². The van der Waals surface area contributed by atoms with E-state index in [0.29, 0.717) is 24.5 Å². The molecule has 0 bridgehead atoms. The van der Waals surface area contributed by atoms with Gasteiger partial charge in [0.2, 0.25) is 0 Å². The average Bonchev–Trinajstić information content (AvgIpc) is 2.87. The van der Waals surface area contributed by atoms with Crippen molar-refractivity contribution in [2.75, 3.05) is 17.7 Å². The lowest BCUT2D eigenvalue weighted by atomic mass is 10.1. The van der Waals surface area contributed by atoms with E-state index in [1.807, 2.05) is 6.07 Å². The maximum absolute atomic E-state index is 13.2. The number of fused-ring (bicyclic) bond motifs is 1. The van der Waals surface area contributed by atoms with Crippen molar-refractivity contribution in [3.05, 3.63) is 51.7 Å². The van der Waals surface area contributed by atoms with Gasteiger partial charge in [-0.15, -0.1) is 0 Å². The second-order valence-corrected chi connectivity index (χ2v) is 5.65. The standard InChI is InChI=1S/C15H14BrFN2O/c16-11-5-9-3-4-20-15(9)10(6-11)8-19-14-7-12(17)1-2-13(14)18/h1-2,5-7,19H,3-4,8,18H2. The fraction of sp³-hybridized carbons (Fsp3) is 0.200. The zero-order valence-corrected chi connectivity index (χ0v) is 12.3. The topological polar surface area (TPSA) is 47.3 Å². The normalized spacial score (nSPS) is 12.9. The lowest BCUT2D eigenvalue weighted by Crippen LogP contribution is -2.04. The van der Waals surface area contributed by atoms with Crippen molar-refractivity contribution in [1.82, 2.24) is 0 Å². The summed E-state index contributed by atoms with van der Waals surface area (Å²) in [6, 6.07) is 8.38. The van der Waals surface area contributed by atoms with E-state index in [1.54, 1.807) is 6.07 Å². The molecule has 0 fully saturated rings. The van der Waals surface area contributed by atoms with Crippen molar-refractivity contribution in [3.8, 4) is 5.75 Å². The molecule has 0 saturated heterocycles. The van der Waals surface area contributed by atoms with Crippen molar-refractivity contribution >= 4 is 27.3 Å². The first kappa shape index (κ1) is 13.2. The Hall–Kier alpha value is -1.75. The molecule has 20 heavy (non-hydrogen) atoms. The fourth-order valence-corrected chi connectivity index (χ4v) is 2.90. The summed E-state index contributed by atoms with van der Waals surface area (Å²) in [6.45, 7) is 1.25. The van der Waals surface area contributed by atoms with E-state index in [2.05, 4.69) is 27.3 Å². The van der Waals surface area contributed by atoms with Crippen LogP contribution in [0.1, 0.15) is 11.1 Å². The van der Waals surface area contributed by atoms with Crippen molar-refractivity contribution in [3.63, 3.8) is 0 Å². The number of nitrogens with one attached hydrogen (secondary N) is 1. The Labute approximate surface area is 125 Å². The smallest absolute Gasteiger partial charge is 0.127 e. The predicted molar refractivity (Wildman–Crippen MR) is 81.5 cm³/mol. The second-order valence-electron chi connectivity index (χ2n) is 4.74. The summed E-state index contributed by atoms with van der Waals surface area (Å²) in [5.74, 6) is 0.619. The minimum absolute atomic E-state index is 0.308. The number of halogens is 2. The third-order valence-electron chi connectivity index (χ3n) is 3.31. The summed E-state index contributed by atoms with van der Waals surface area (Å²) in [5, 5.41) is 3.16. The molecule has 3 N–H and O–H groups in total. The van der Waals surface area contributed by atoms with Crippen LogP contribution in [0.25, 0.3) is 0 Å². The van der Waals surface area contributed by atoms with Gasteiger partial charge in [-0.05, 0) is 35.9 Å². The van der Waals surface area contributed by atoms with Crippen LogP contribution in [0.5, 0.6) is 5.75 Å². The van der Waals surface area contributed by atoms with Gasteiger partial charge in [-0.1, -0.05) is 15.9 Å². The zero-order valence-electron chi connectivity index (χ0n) is 10.7. The molecule has 0 aromatic heterocycles. The summed E-state index contributed by atoms with van der Waals surface area (Å²) >= 11 is 3.50. The van der Waals surface area contributed by atoms with E-state index in [-0.39, 0.29) is 5.82 Å². The van der Waals surface area contributed by atoms with Crippen LogP contribution in [0.4, 0.5) is 15.8 Å². The van der Waals surface area contributed by atoms with Gasteiger partial charge in [-0.3, -0.25) is 0 Å². The number of hydrogen-bond donors (Lipinski definition) is 2. The van der Waals surface area contributed by atoms with Gasteiger partial charge < -0.3 is 15.8 Å². The van der Waals surface area contributed by atoms with Crippen molar-refractivity contribution in [1.29, 1.82) is 0 Å². The highest BCUT2D eigenvalue weighted by Crippen LogP contribution is 2.33. The van der Waals surface area contributed by atoms with E-state index in [1.165, 1.54) is 17.7 Å². The maximum atomic E-state index is 13.2. The van der Waals surface area contributed by atoms with Gasteiger partial charge in [-0.2, -0.15) is 0 Å². The molecule has 0 amide bonds. The lowest BCUT2D eigenvalue weighted by Gasteiger charge is -2.12. The number of benzene rings is 2. The molecule has 3 rings (SSSR count). The minimum atomic E-state index is -0.308. The van der Waals surface area contributed by atoms with Crippen molar-refractivity contribution in [2.24, 2.45) is 0 Å². The van der Waals surface area contributed by atoms with Crippen molar-refractivity contribution < 1.29 is 9.13 Å². The number of nitrogen functional groups attached to an aromatic ring is 1. The summed E-state index contributed by atoms with van der Waals surface area (Å²) in [6.07, 6.45) is 0.921. The highest BCUT2D eigenvalue weighted by Gasteiger charge is 2.17. The molecule has 0 saturated carbocycles. The number of hydrogen-bond acceptors (Lipinski definition) is 3. The summed E-state index contributed by atoms with van der Waals surface area (Å²) in [5.41, 5.74) is 9.18. The zero-order chi connectivity index (χ0) is 14.1. The van der Waals surface area contributed by atoms with Crippen LogP contribution in [-0.4, -0.2) is 6.61 Å². The van der Waals surface area contributed by atoms with Crippen LogP contribution >= 0.6 is 15.9 Å². The molecule has 0 unspecified atom stereocenters. The summed E-state index contributed by atoms with van der Waals surface area (Å²) in [4.78, 5) is 0. The van der Waals surface area contributed by atoms with Gasteiger partial charge in [-0.25, -0.2) is 4.39 Å². The lowest BCUT2D eigenvalue weighted by molar-refractivity contribution is 0.354. The number of anilines is 2. The first-order chi connectivity index (χ1) is 9.63. The molecule has 5 heteroatoms. The molecule has 0 spiro atoms. The third kappa shape index (κ3) is 2.58. The molecule has 2 aromatic rings. The molecule has 0 aliphatic carbocycles. The SMILES string of the molecule is Nc1ccc(F)cc1NCc1cc(Br)cc2c1OCC2. The molecule has 2 aromatic carbocycles. The molecular formula is C15H14BrFN2O. The molecule has 0 radical (unpaired) electrons. The Kier molecular flexibility index (Phi) is 3.53. The number of nitrogens with two attached hydrogens (primary N) is 1. The largest absolute Gasteiger partial charge is 0.493 e. The van der Waals surface area contributed by atoms with Gasteiger partial charge >= 0.3 is 0 Å². The first-order valence-corrected chi connectivity index (χ1v) is 7.16. The highest BCUT2D eigenvalue weighted by molar-refractivity contribution is 9.10. The fourth-order valence-electron chi connectivity index (χ4n) is 2.35. The number of rotatable bonds is 3. The molecule has 1 aliphatic heterocycles. The minimum Gasteiger partial charge on any atom is -0.493 e. The van der Waals surface area contributed by atoms with Crippen LogP contribution in [0.2, 0.25) is 0 Å². The van der Waals surface area contributed by atoms with E-state index in [4.69, 9.17) is 10.5 Å². The van der Waals surface area contributed by atoms with Crippen LogP contribution < -0.4 is 15.8 Å².